The molecule has 0 heterocycles. The van der Waals surface area contributed by atoms with E-state index in [0.29, 0.717) is 11.0 Å². The molecule has 0 radical (unpaired) electrons. The van der Waals surface area contributed by atoms with Crippen LogP contribution in [0.5, 0.6) is 0 Å². The SMILES string of the molecule is O=S(=O)([O-])C=Cc1ccccc1.O=S(=O)([O-])OO.[K+].[Na+]. The van der Waals surface area contributed by atoms with Crippen molar-refractivity contribution in [3.8, 4) is 0 Å². The van der Waals surface area contributed by atoms with Crippen LogP contribution in [0, 0.1) is 0 Å². The van der Waals surface area contributed by atoms with Gasteiger partial charge in [-0.05, 0) is 11.6 Å². The number of rotatable bonds is 3. The predicted molar refractivity (Wildman–Crippen MR) is 58.6 cm³/mol. The minimum Gasteiger partial charge on any atom is -0.744 e. The van der Waals surface area contributed by atoms with Crippen LogP contribution in [0.25, 0.3) is 6.08 Å². The Labute approximate surface area is 181 Å². The van der Waals surface area contributed by atoms with E-state index in [-0.39, 0.29) is 80.9 Å². The van der Waals surface area contributed by atoms with Crippen molar-refractivity contribution in [1.29, 1.82) is 0 Å². The molecule has 0 amide bonds. The van der Waals surface area contributed by atoms with Crippen molar-refractivity contribution < 1.29 is 116 Å². The zero-order chi connectivity index (χ0) is 14.2. The third-order valence-corrected chi connectivity index (χ3v) is 1.97. The van der Waals surface area contributed by atoms with Gasteiger partial charge in [0, 0.05) is 5.41 Å². The Kier molecular flexibility index (Phi) is 16.8. The van der Waals surface area contributed by atoms with Crippen molar-refractivity contribution in [1.82, 2.24) is 0 Å². The van der Waals surface area contributed by atoms with Gasteiger partial charge in [-0.1, -0.05) is 30.3 Å². The molecule has 0 aliphatic rings. The van der Waals surface area contributed by atoms with Gasteiger partial charge < -0.3 is 9.11 Å². The Balaban J connectivity index is -0.000000316. The van der Waals surface area contributed by atoms with E-state index in [1.807, 2.05) is 6.07 Å². The minimum absolute atomic E-state index is 0. The third-order valence-electron chi connectivity index (χ3n) is 1.32. The van der Waals surface area contributed by atoms with E-state index in [0.717, 1.165) is 0 Å². The minimum atomic E-state index is -4.86. The summed E-state index contributed by atoms with van der Waals surface area (Å²) in [6, 6.07) is 8.75. The van der Waals surface area contributed by atoms with Crippen LogP contribution in [-0.4, -0.2) is 31.2 Å². The molecule has 0 unspecified atom stereocenters. The van der Waals surface area contributed by atoms with Crippen LogP contribution in [-0.2, 0) is 24.9 Å². The summed E-state index contributed by atoms with van der Waals surface area (Å²) in [6.07, 6.45) is 1.27. The number of hydrogen-bond acceptors (Lipinski definition) is 8. The van der Waals surface area contributed by atoms with Crippen LogP contribution < -0.4 is 80.9 Å². The topological polar surface area (TPSA) is 144 Å². The summed E-state index contributed by atoms with van der Waals surface area (Å²) in [4.78, 5) is 0. The molecule has 8 nitrogen and oxygen atoms in total. The summed E-state index contributed by atoms with van der Waals surface area (Å²) < 4.78 is 59.8. The molecule has 0 saturated heterocycles. The van der Waals surface area contributed by atoms with Gasteiger partial charge in [0.25, 0.3) is 0 Å². The average molecular weight is 358 g/mol. The average Bonchev–Trinajstić information content (AvgIpc) is 2.27. The monoisotopic (exact) mass is 358 g/mol. The smallest absolute Gasteiger partial charge is 0.744 e. The maximum Gasteiger partial charge on any atom is 1.00 e. The van der Waals surface area contributed by atoms with Crippen molar-refractivity contribution in [3.63, 3.8) is 0 Å². The Morgan fingerprint density at radius 1 is 1.05 bits per heavy atom. The molecule has 0 fully saturated rings. The second-order valence-corrected chi connectivity index (χ2v) is 4.91. The number of benzene rings is 1. The van der Waals surface area contributed by atoms with Crippen molar-refractivity contribution in [2.75, 3.05) is 0 Å². The standard InChI is InChI=1S/C8H8O3S.K.Na.H2O5S/c9-12(10,11)7-6-8-4-2-1-3-5-8;;;1-5-6(2,3)4/h1-7H,(H,9,10,11);;;1H,(H,2,3,4)/q;2*+1;/p-2. The summed E-state index contributed by atoms with van der Waals surface area (Å²) in [5.74, 6) is 0. The largest absolute Gasteiger partial charge is 1.00 e. The van der Waals surface area contributed by atoms with Gasteiger partial charge in [0.2, 0.25) is 10.4 Å². The Morgan fingerprint density at radius 3 is 1.75 bits per heavy atom. The van der Waals surface area contributed by atoms with E-state index in [2.05, 4.69) is 4.33 Å². The van der Waals surface area contributed by atoms with Crippen molar-refractivity contribution in [2.45, 2.75) is 0 Å². The van der Waals surface area contributed by atoms with Gasteiger partial charge in [-0.15, -0.1) is 4.33 Å². The number of hydrogen-bond donors (Lipinski definition) is 1. The summed E-state index contributed by atoms with van der Waals surface area (Å²) in [7, 11) is -9.11. The van der Waals surface area contributed by atoms with Crippen LogP contribution in [0.2, 0.25) is 0 Å². The molecule has 1 rings (SSSR count). The quantitative estimate of drug-likeness (QED) is 0.185. The van der Waals surface area contributed by atoms with Crippen molar-refractivity contribution >= 4 is 26.6 Å². The van der Waals surface area contributed by atoms with E-state index in [9.17, 15) is 13.0 Å². The zero-order valence-corrected chi connectivity index (χ0v) is 17.4. The molecule has 1 N–H and O–H groups in total. The molecule has 0 bridgehead atoms. The summed E-state index contributed by atoms with van der Waals surface area (Å²) in [5, 5.41) is 7.64. The van der Waals surface area contributed by atoms with Crippen LogP contribution in [0.15, 0.2) is 35.7 Å². The fourth-order valence-corrected chi connectivity index (χ4v) is 1.05. The maximum atomic E-state index is 10.2. The first-order valence-corrected chi connectivity index (χ1v) is 6.92. The van der Waals surface area contributed by atoms with Crippen molar-refractivity contribution in [2.24, 2.45) is 0 Å². The summed E-state index contributed by atoms with van der Waals surface area (Å²) >= 11 is 0. The molecule has 102 valence electrons. The van der Waals surface area contributed by atoms with Gasteiger partial charge in [0.05, 0.1) is 0 Å². The maximum absolute atomic E-state index is 10.2. The van der Waals surface area contributed by atoms with Gasteiger partial charge in [-0.2, -0.15) is 0 Å². The molecule has 1 aromatic rings. The third kappa shape index (κ3) is 19.3. The molecule has 0 aromatic heterocycles. The first-order valence-electron chi connectivity index (χ1n) is 4.12. The van der Waals surface area contributed by atoms with Crippen LogP contribution in [0.1, 0.15) is 5.56 Å². The second-order valence-electron chi connectivity index (χ2n) is 2.69. The predicted octanol–water partition coefficient (Wildman–Crippen LogP) is -5.85. The van der Waals surface area contributed by atoms with Crippen LogP contribution in [0.3, 0.4) is 0 Å². The van der Waals surface area contributed by atoms with Crippen LogP contribution in [0.4, 0.5) is 0 Å². The fourth-order valence-electron chi connectivity index (χ4n) is 0.726. The molecule has 0 spiro atoms. The van der Waals surface area contributed by atoms with E-state index in [1.54, 1.807) is 24.3 Å². The first kappa shape index (κ1) is 26.2. The molecule has 0 aliphatic carbocycles. The van der Waals surface area contributed by atoms with Crippen molar-refractivity contribution in [3.05, 3.63) is 41.3 Å². The zero-order valence-electron chi connectivity index (χ0n) is 10.7. The second kappa shape index (κ2) is 12.8. The van der Waals surface area contributed by atoms with Gasteiger partial charge >= 0.3 is 80.9 Å². The Hall–Kier alpha value is 1.34. The molecular formula is C8H8KNaO8S2. The molecule has 0 saturated carbocycles. The molecule has 20 heavy (non-hydrogen) atoms. The van der Waals surface area contributed by atoms with Gasteiger partial charge in [-0.3, -0.25) is 0 Å². The van der Waals surface area contributed by atoms with E-state index >= 15 is 0 Å². The van der Waals surface area contributed by atoms with E-state index in [1.165, 1.54) is 6.08 Å². The summed E-state index contributed by atoms with van der Waals surface area (Å²) in [5.41, 5.74) is 0.692. The molecular weight excluding hydrogens is 350 g/mol. The van der Waals surface area contributed by atoms with Gasteiger partial charge in [0.15, 0.2) is 0 Å². The Bertz CT molecular complexity index is 584. The molecule has 1 aromatic carbocycles. The molecule has 12 heteroatoms. The normalized spacial score (nSPS) is 10.8. The molecule has 0 atom stereocenters. The summed E-state index contributed by atoms with van der Waals surface area (Å²) in [6.45, 7) is 0. The van der Waals surface area contributed by atoms with E-state index in [4.69, 9.17) is 18.2 Å². The van der Waals surface area contributed by atoms with E-state index < -0.39 is 20.5 Å². The molecule has 0 aliphatic heterocycles. The fraction of sp³-hybridized carbons (Fsp3) is 0. The van der Waals surface area contributed by atoms with Crippen LogP contribution >= 0.6 is 0 Å². The van der Waals surface area contributed by atoms with Gasteiger partial charge in [0.1, 0.15) is 10.1 Å². The Morgan fingerprint density at radius 2 is 1.45 bits per heavy atom. The van der Waals surface area contributed by atoms with Gasteiger partial charge in [-0.25, -0.2) is 22.1 Å². The first-order chi connectivity index (χ1) is 8.14.